The lowest BCUT2D eigenvalue weighted by Gasteiger charge is -2.51. The molecule has 0 bridgehead atoms. The zero-order valence-electron chi connectivity index (χ0n) is 11.0. The second-order valence-electron chi connectivity index (χ2n) is 6.62. The van der Waals surface area contributed by atoms with E-state index in [9.17, 15) is 0 Å². The van der Waals surface area contributed by atoms with Crippen LogP contribution < -0.4 is 5.73 Å². The van der Waals surface area contributed by atoms with Gasteiger partial charge in [0.2, 0.25) is 0 Å². The number of fused-ring (bicyclic) bond motifs is 3. The van der Waals surface area contributed by atoms with Crippen molar-refractivity contribution in [3.63, 3.8) is 0 Å². The molecular formula is C16H23N. The zero-order chi connectivity index (χ0) is 12.1. The second-order valence-corrected chi connectivity index (χ2v) is 6.62. The fraction of sp³-hybridized carbons (Fsp3) is 0.625. The van der Waals surface area contributed by atoms with Gasteiger partial charge in [0.25, 0.3) is 0 Å². The van der Waals surface area contributed by atoms with Crippen LogP contribution in [0.5, 0.6) is 0 Å². The van der Waals surface area contributed by atoms with Crippen LogP contribution in [0.3, 0.4) is 0 Å². The summed E-state index contributed by atoms with van der Waals surface area (Å²) < 4.78 is 0. The van der Waals surface area contributed by atoms with Crippen LogP contribution in [0.25, 0.3) is 0 Å². The largest absolute Gasteiger partial charge is 0.321 e. The van der Waals surface area contributed by atoms with Crippen molar-refractivity contribution in [3.05, 3.63) is 35.4 Å². The minimum Gasteiger partial charge on any atom is -0.321 e. The summed E-state index contributed by atoms with van der Waals surface area (Å²) in [7, 11) is 0. The number of rotatable bonds is 0. The first kappa shape index (κ1) is 11.3. The van der Waals surface area contributed by atoms with Gasteiger partial charge in [-0.05, 0) is 41.7 Å². The summed E-state index contributed by atoms with van der Waals surface area (Å²) in [6, 6.07) is 8.87. The molecule has 2 atom stereocenters. The van der Waals surface area contributed by atoms with Gasteiger partial charge in [0.1, 0.15) is 0 Å². The van der Waals surface area contributed by atoms with Crippen LogP contribution in [-0.4, -0.2) is 0 Å². The molecule has 92 valence electrons. The van der Waals surface area contributed by atoms with Gasteiger partial charge in [-0.1, -0.05) is 51.0 Å². The smallest absolute Gasteiger partial charge is 0.0441 e. The molecule has 0 aliphatic heterocycles. The van der Waals surface area contributed by atoms with Gasteiger partial charge in [-0.3, -0.25) is 0 Å². The maximum absolute atomic E-state index is 6.80. The monoisotopic (exact) mass is 229 g/mol. The third kappa shape index (κ3) is 1.55. The van der Waals surface area contributed by atoms with E-state index in [1.165, 1.54) is 43.2 Å². The van der Waals surface area contributed by atoms with Crippen LogP contribution >= 0.6 is 0 Å². The first-order valence-corrected chi connectivity index (χ1v) is 6.93. The van der Waals surface area contributed by atoms with Crippen LogP contribution in [0.4, 0.5) is 0 Å². The molecule has 0 spiro atoms. The predicted molar refractivity (Wildman–Crippen MR) is 71.9 cm³/mol. The Kier molecular flexibility index (Phi) is 2.38. The maximum Gasteiger partial charge on any atom is 0.0441 e. The Morgan fingerprint density at radius 1 is 1.12 bits per heavy atom. The van der Waals surface area contributed by atoms with Gasteiger partial charge in [0.05, 0.1) is 0 Å². The predicted octanol–water partition coefficient (Wildman–Crippen LogP) is 3.71. The molecule has 3 rings (SSSR count). The molecule has 0 radical (unpaired) electrons. The number of hydrogen-bond acceptors (Lipinski definition) is 1. The summed E-state index contributed by atoms with van der Waals surface area (Å²) in [6.45, 7) is 4.75. The van der Waals surface area contributed by atoms with E-state index in [1.54, 1.807) is 0 Å². The van der Waals surface area contributed by atoms with Crippen molar-refractivity contribution in [1.29, 1.82) is 0 Å². The van der Waals surface area contributed by atoms with Crippen LogP contribution in [0.2, 0.25) is 0 Å². The van der Waals surface area contributed by atoms with E-state index in [-0.39, 0.29) is 5.54 Å². The normalized spacial score (nSPS) is 34.9. The van der Waals surface area contributed by atoms with Crippen LogP contribution in [0.1, 0.15) is 57.1 Å². The third-order valence-electron chi connectivity index (χ3n) is 5.04. The lowest BCUT2D eigenvalue weighted by molar-refractivity contribution is 0.130. The van der Waals surface area contributed by atoms with Crippen molar-refractivity contribution in [1.82, 2.24) is 0 Å². The molecule has 1 aromatic carbocycles. The van der Waals surface area contributed by atoms with Crippen LogP contribution in [-0.2, 0) is 11.0 Å². The Labute approximate surface area is 104 Å². The van der Waals surface area contributed by atoms with Gasteiger partial charge < -0.3 is 5.73 Å². The molecule has 0 saturated heterocycles. The maximum atomic E-state index is 6.80. The second kappa shape index (κ2) is 3.58. The average molecular weight is 229 g/mol. The number of benzene rings is 1. The molecule has 0 unspecified atom stereocenters. The van der Waals surface area contributed by atoms with Crippen molar-refractivity contribution < 1.29 is 0 Å². The van der Waals surface area contributed by atoms with E-state index < -0.39 is 0 Å². The molecule has 1 fully saturated rings. The first-order chi connectivity index (χ1) is 8.04. The van der Waals surface area contributed by atoms with E-state index >= 15 is 0 Å². The zero-order valence-corrected chi connectivity index (χ0v) is 11.0. The third-order valence-corrected chi connectivity index (χ3v) is 5.04. The summed E-state index contributed by atoms with van der Waals surface area (Å²) in [4.78, 5) is 0. The highest BCUT2D eigenvalue weighted by atomic mass is 14.8. The SMILES string of the molecule is CC1(C)C[C@H]2CCCC[C@@]2(N)c2ccccc21. The van der Waals surface area contributed by atoms with Crippen molar-refractivity contribution >= 4 is 0 Å². The molecule has 0 heterocycles. The molecule has 1 nitrogen and oxygen atoms in total. The topological polar surface area (TPSA) is 26.0 Å². The minimum atomic E-state index is -0.0373. The number of hydrogen-bond donors (Lipinski definition) is 1. The Bertz CT molecular complexity index is 435. The molecular weight excluding hydrogens is 206 g/mol. The van der Waals surface area contributed by atoms with Gasteiger partial charge in [0, 0.05) is 5.54 Å². The average Bonchev–Trinajstić information content (AvgIpc) is 2.31. The Morgan fingerprint density at radius 2 is 1.82 bits per heavy atom. The standard InChI is InChI=1S/C16H23N/c1-15(2)11-12-7-5-6-10-16(12,17)14-9-4-3-8-13(14)15/h3-4,8-9,12H,5-7,10-11,17H2,1-2H3/t12-,16+/m1/s1. The van der Waals surface area contributed by atoms with E-state index in [0.29, 0.717) is 11.3 Å². The highest BCUT2D eigenvalue weighted by Crippen LogP contribution is 2.52. The summed E-state index contributed by atoms with van der Waals surface area (Å²) in [5.41, 5.74) is 9.97. The highest BCUT2D eigenvalue weighted by Gasteiger charge is 2.47. The van der Waals surface area contributed by atoms with Gasteiger partial charge in [-0.15, -0.1) is 0 Å². The molecule has 2 N–H and O–H groups in total. The number of nitrogens with two attached hydrogens (primary N) is 1. The molecule has 0 aromatic heterocycles. The molecule has 2 aliphatic rings. The highest BCUT2D eigenvalue weighted by molar-refractivity contribution is 5.42. The summed E-state index contributed by atoms with van der Waals surface area (Å²) in [6.07, 6.45) is 6.39. The van der Waals surface area contributed by atoms with E-state index in [4.69, 9.17) is 5.73 Å². The quantitative estimate of drug-likeness (QED) is 0.721. The molecule has 1 aromatic rings. The Hall–Kier alpha value is -0.820. The lowest BCUT2D eigenvalue weighted by atomic mass is 9.56. The summed E-state index contributed by atoms with van der Waals surface area (Å²) in [5, 5.41) is 0. The first-order valence-electron chi connectivity index (χ1n) is 6.93. The van der Waals surface area contributed by atoms with Crippen LogP contribution in [0, 0.1) is 5.92 Å². The minimum absolute atomic E-state index is 0.0373. The van der Waals surface area contributed by atoms with E-state index in [0.717, 1.165) is 0 Å². The van der Waals surface area contributed by atoms with Gasteiger partial charge >= 0.3 is 0 Å². The van der Waals surface area contributed by atoms with Gasteiger partial charge in [-0.25, -0.2) is 0 Å². The molecule has 2 aliphatic carbocycles. The van der Waals surface area contributed by atoms with Gasteiger partial charge in [-0.2, -0.15) is 0 Å². The lowest BCUT2D eigenvalue weighted by Crippen LogP contribution is -2.52. The van der Waals surface area contributed by atoms with Crippen molar-refractivity contribution in [2.45, 2.75) is 56.9 Å². The van der Waals surface area contributed by atoms with Crippen molar-refractivity contribution in [2.24, 2.45) is 11.7 Å². The fourth-order valence-corrected chi connectivity index (χ4v) is 4.11. The summed E-state index contributed by atoms with van der Waals surface area (Å²) in [5.74, 6) is 0.682. The molecule has 17 heavy (non-hydrogen) atoms. The van der Waals surface area contributed by atoms with E-state index in [2.05, 4.69) is 38.1 Å². The van der Waals surface area contributed by atoms with Crippen molar-refractivity contribution in [3.8, 4) is 0 Å². The molecule has 0 amide bonds. The Balaban J connectivity index is 2.17. The van der Waals surface area contributed by atoms with Crippen LogP contribution in [0.15, 0.2) is 24.3 Å². The van der Waals surface area contributed by atoms with E-state index in [1.807, 2.05) is 0 Å². The van der Waals surface area contributed by atoms with Crippen molar-refractivity contribution in [2.75, 3.05) is 0 Å². The molecule has 1 saturated carbocycles. The molecule has 1 heteroatoms. The summed E-state index contributed by atoms with van der Waals surface area (Å²) >= 11 is 0. The Morgan fingerprint density at radius 3 is 2.59 bits per heavy atom. The van der Waals surface area contributed by atoms with Gasteiger partial charge in [0.15, 0.2) is 0 Å². The fourth-order valence-electron chi connectivity index (χ4n) is 4.11.